The van der Waals surface area contributed by atoms with Crippen LogP contribution in [0.15, 0.2) is 0 Å². The molecule has 94 valence electrons. The highest BCUT2D eigenvalue weighted by Gasteiger charge is 2.12. The molecular weight excluding hydrogens is 214 g/mol. The molecule has 16 heavy (non-hydrogen) atoms. The molecule has 0 saturated carbocycles. The van der Waals surface area contributed by atoms with Gasteiger partial charge in [0, 0.05) is 6.54 Å². The fourth-order valence-corrected chi connectivity index (χ4v) is 0.755. The Morgan fingerprint density at radius 3 is 2.38 bits per heavy atom. The molecule has 0 rings (SSSR count). The molecule has 0 fully saturated rings. The number of hydrogen-bond donors (Lipinski definition) is 2. The average molecular weight is 233 g/mol. The highest BCUT2D eigenvalue weighted by atomic mass is 16.5. The molecule has 0 aromatic heterocycles. The molecule has 0 radical (unpaired) electrons. The minimum absolute atomic E-state index is 0.0115. The summed E-state index contributed by atoms with van der Waals surface area (Å²) in [6.07, 6.45) is 0. The number of carboxylic acids is 1. The van der Waals surface area contributed by atoms with E-state index in [0.29, 0.717) is 0 Å². The Balaban J connectivity index is 3.41. The molecule has 1 amide bonds. The van der Waals surface area contributed by atoms with Gasteiger partial charge in [-0.2, -0.15) is 0 Å². The second kappa shape index (κ2) is 7.19. The van der Waals surface area contributed by atoms with Crippen molar-refractivity contribution in [2.75, 3.05) is 26.4 Å². The fraction of sp³-hybridized carbons (Fsp3) is 0.800. The molecule has 0 heterocycles. The zero-order valence-corrected chi connectivity index (χ0v) is 9.91. The minimum Gasteiger partial charge on any atom is -0.480 e. The fourth-order valence-electron chi connectivity index (χ4n) is 0.755. The predicted molar refractivity (Wildman–Crippen MR) is 57.2 cm³/mol. The van der Waals surface area contributed by atoms with Crippen LogP contribution in [0.2, 0.25) is 0 Å². The third kappa shape index (κ3) is 10.9. The van der Waals surface area contributed by atoms with Crippen molar-refractivity contribution in [2.45, 2.75) is 26.4 Å². The lowest BCUT2D eigenvalue weighted by molar-refractivity contribution is -0.142. The SMILES string of the molecule is CC(C)(C)OCC(=O)NCCOCC(=O)O. The minimum atomic E-state index is -1.03. The molecule has 0 aliphatic rings. The summed E-state index contributed by atoms with van der Waals surface area (Å²) >= 11 is 0. The van der Waals surface area contributed by atoms with Crippen molar-refractivity contribution in [1.29, 1.82) is 0 Å². The molecule has 6 nitrogen and oxygen atoms in total. The van der Waals surface area contributed by atoms with Gasteiger partial charge in [-0.05, 0) is 20.8 Å². The highest BCUT2D eigenvalue weighted by Crippen LogP contribution is 2.05. The van der Waals surface area contributed by atoms with Crippen LogP contribution in [-0.2, 0) is 19.1 Å². The van der Waals surface area contributed by atoms with Gasteiger partial charge in [-0.3, -0.25) is 4.79 Å². The Bertz CT molecular complexity index is 234. The number of aliphatic carboxylic acids is 1. The molecule has 0 unspecified atom stereocenters. The van der Waals surface area contributed by atoms with E-state index in [4.69, 9.17) is 14.6 Å². The second-order valence-corrected chi connectivity index (χ2v) is 4.20. The van der Waals surface area contributed by atoms with E-state index in [2.05, 4.69) is 5.32 Å². The van der Waals surface area contributed by atoms with Crippen molar-refractivity contribution in [3.05, 3.63) is 0 Å². The Labute approximate surface area is 94.9 Å². The van der Waals surface area contributed by atoms with E-state index < -0.39 is 5.97 Å². The third-order valence-corrected chi connectivity index (χ3v) is 1.43. The van der Waals surface area contributed by atoms with E-state index >= 15 is 0 Å². The van der Waals surface area contributed by atoms with Crippen LogP contribution in [0.4, 0.5) is 0 Å². The summed E-state index contributed by atoms with van der Waals surface area (Å²) in [5.41, 5.74) is -0.350. The largest absolute Gasteiger partial charge is 0.480 e. The first-order valence-corrected chi connectivity index (χ1v) is 5.01. The predicted octanol–water partition coefficient (Wildman–Crippen LogP) is 0.0189. The zero-order valence-electron chi connectivity index (χ0n) is 9.91. The maximum atomic E-state index is 11.2. The van der Waals surface area contributed by atoms with Crippen LogP contribution in [0.25, 0.3) is 0 Å². The van der Waals surface area contributed by atoms with Crippen LogP contribution >= 0.6 is 0 Å². The number of rotatable bonds is 7. The highest BCUT2D eigenvalue weighted by molar-refractivity contribution is 5.77. The number of carboxylic acid groups (broad SMARTS) is 1. The molecule has 0 bridgehead atoms. The summed E-state index contributed by atoms with van der Waals surface area (Å²) in [6.45, 7) is 5.66. The van der Waals surface area contributed by atoms with E-state index in [-0.39, 0.29) is 37.9 Å². The number of amides is 1. The molecule has 0 aliphatic heterocycles. The van der Waals surface area contributed by atoms with E-state index in [9.17, 15) is 9.59 Å². The van der Waals surface area contributed by atoms with Crippen LogP contribution in [0, 0.1) is 0 Å². The lowest BCUT2D eigenvalue weighted by Gasteiger charge is -2.18. The summed E-state index contributed by atoms with van der Waals surface area (Å²) in [4.78, 5) is 21.3. The monoisotopic (exact) mass is 233 g/mol. The molecule has 6 heteroatoms. The molecule has 0 aromatic carbocycles. The number of carbonyl (C=O) groups excluding carboxylic acids is 1. The van der Waals surface area contributed by atoms with Crippen molar-refractivity contribution in [1.82, 2.24) is 5.32 Å². The molecule has 0 spiro atoms. The number of hydrogen-bond acceptors (Lipinski definition) is 4. The normalized spacial score (nSPS) is 11.2. The molecule has 0 aliphatic carbocycles. The van der Waals surface area contributed by atoms with Gasteiger partial charge in [-0.1, -0.05) is 0 Å². The summed E-state index contributed by atoms with van der Waals surface area (Å²) in [7, 11) is 0. The first-order chi connectivity index (χ1) is 7.31. The first-order valence-electron chi connectivity index (χ1n) is 5.01. The van der Waals surface area contributed by atoms with Gasteiger partial charge in [0.25, 0.3) is 0 Å². The topological polar surface area (TPSA) is 84.9 Å². The van der Waals surface area contributed by atoms with Gasteiger partial charge < -0.3 is 19.9 Å². The van der Waals surface area contributed by atoms with Crippen LogP contribution in [-0.4, -0.2) is 48.9 Å². The molecular formula is C10H19NO5. The summed E-state index contributed by atoms with van der Waals surface area (Å²) in [5.74, 6) is -1.27. The Morgan fingerprint density at radius 2 is 1.88 bits per heavy atom. The summed E-state index contributed by atoms with van der Waals surface area (Å²) in [6, 6.07) is 0. The van der Waals surface area contributed by atoms with Gasteiger partial charge in [-0.25, -0.2) is 4.79 Å². The van der Waals surface area contributed by atoms with E-state index in [1.54, 1.807) is 0 Å². The van der Waals surface area contributed by atoms with Gasteiger partial charge in [0.05, 0.1) is 12.2 Å². The van der Waals surface area contributed by atoms with Gasteiger partial charge in [-0.15, -0.1) is 0 Å². The van der Waals surface area contributed by atoms with Crippen molar-refractivity contribution in [2.24, 2.45) is 0 Å². The van der Waals surface area contributed by atoms with Crippen LogP contribution in [0.5, 0.6) is 0 Å². The van der Waals surface area contributed by atoms with Crippen molar-refractivity contribution in [3.8, 4) is 0 Å². The average Bonchev–Trinajstić information content (AvgIpc) is 2.12. The standard InChI is InChI=1S/C10H19NO5/c1-10(2,3)16-6-8(12)11-4-5-15-7-9(13)14/h4-7H2,1-3H3,(H,11,12)(H,13,14). The van der Waals surface area contributed by atoms with Gasteiger partial charge in [0.15, 0.2) is 0 Å². The number of ether oxygens (including phenoxy) is 2. The number of carbonyl (C=O) groups is 2. The maximum absolute atomic E-state index is 11.2. The lowest BCUT2D eigenvalue weighted by atomic mass is 10.2. The first kappa shape index (κ1) is 14.9. The van der Waals surface area contributed by atoms with E-state index in [0.717, 1.165) is 0 Å². The second-order valence-electron chi connectivity index (χ2n) is 4.20. The summed E-state index contributed by atoms with van der Waals surface area (Å²) in [5, 5.41) is 10.8. The molecule has 2 N–H and O–H groups in total. The van der Waals surface area contributed by atoms with Crippen LogP contribution in [0.3, 0.4) is 0 Å². The van der Waals surface area contributed by atoms with Gasteiger partial charge in [0.1, 0.15) is 13.2 Å². The van der Waals surface area contributed by atoms with Crippen LogP contribution < -0.4 is 5.32 Å². The number of nitrogens with one attached hydrogen (secondary N) is 1. The Morgan fingerprint density at radius 1 is 1.25 bits per heavy atom. The maximum Gasteiger partial charge on any atom is 0.329 e. The van der Waals surface area contributed by atoms with Gasteiger partial charge in [0.2, 0.25) is 5.91 Å². The zero-order chi connectivity index (χ0) is 12.6. The van der Waals surface area contributed by atoms with Crippen LogP contribution in [0.1, 0.15) is 20.8 Å². The van der Waals surface area contributed by atoms with Gasteiger partial charge >= 0.3 is 5.97 Å². The molecule has 0 atom stereocenters. The smallest absolute Gasteiger partial charge is 0.329 e. The Kier molecular flexibility index (Phi) is 6.67. The lowest BCUT2D eigenvalue weighted by Crippen LogP contribution is -2.34. The molecule has 0 aromatic rings. The molecule has 0 saturated heterocycles. The summed E-state index contributed by atoms with van der Waals surface area (Å²) < 4.78 is 9.98. The van der Waals surface area contributed by atoms with E-state index in [1.807, 2.05) is 20.8 Å². The third-order valence-electron chi connectivity index (χ3n) is 1.43. The van der Waals surface area contributed by atoms with E-state index in [1.165, 1.54) is 0 Å². The quantitative estimate of drug-likeness (QED) is 0.605. The van der Waals surface area contributed by atoms with Crippen molar-refractivity contribution in [3.63, 3.8) is 0 Å². The van der Waals surface area contributed by atoms with Crippen molar-refractivity contribution < 1.29 is 24.2 Å². The van der Waals surface area contributed by atoms with Crippen molar-refractivity contribution >= 4 is 11.9 Å². The Hall–Kier alpha value is -1.14.